The lowest BCUT2D eigenvalue weighted by atomic mass is 10.1. The summed E-state index contributed by atoms with van der Waals surface area (Å²) < 4.78 is 5.45. The number of hydrogen-bond donors (Lipinski definition) is 0. The Morgan fingerprint density at radius 2 is 2.06 bits per heavy atom. The maximum absolute atomic E-state index is 12.2. The first-order chi connectivity index (χ1) is 8.26. The molecule has 0 saturated heterocycles. The van der Waals surface area contributed by atoms with Gasteiger partial charge in [0, 0.05) is 12.6 Å². The molecular formula is C14H22N2O2. The van der Waals surface area contributed by atoms with Gasteiger partial charge in [0.05, 0.1) is 11.5 Å². The Kier molecular flexibility index (Phi) is 3.04. The van der Waals surface area contributed by atoms with E-state index < -0.39 is 5.60 Å². The van der Waals surface area contributed by atoms with Crippen LogP contribution in [0.2, 0.25) is 0 Å². The fourth-order valence-electron chi connectivity index (χ4n) is 2.16. The highest BCUT2D eigenvalue weighted by atomic mass is 16.6. The summed E-state index contributed by atoms with van der Waals surface area (Å²) in [5.74, 6) is 0.534. The summed E-state index contributed by atoms with van der Waals surface area (Å²) in [7, 11) is 0. The maximum Gasteiger partial charge on any atom is 0.410 e. The van der Waals surface area contributed by atoms with Crippen molar-refractivity contribution in [1.29, 1.82) is 5.26 Å². The highest BCUT2D eigenvalue weighted by Gasteiger charge is 2.50. The highest BCUT2D eigenvalue weighted by Crippen LogP contribution is 2.48. The van der Waals surface area contributed by atoms with Crippen LogP contribution in [0.15, 0.2) is 0 Å². The van der Waals surface area contributed by atoms with E-state index in [0.717, 1.165) is 19.3 Å². The molecule has 0 radical (unpaired) electrons. The number of hydrogen-bond acceptors (Lipinski definition) is 3. The minimum Gasteiger partial charge on any atom is -0.444 e. The van der Waals surface area contributed by atoms with Gasteiger partial charge in [-0.1, -0.05) is 6.92 Å². The fraction of sp³-hybridized carbons (Fsp3) is 0.857. The summed E-state index contributed by atoms with van der Waals surface area (Å²) >= 11 is 0. The third-order valence-corrected chi connectivity index (χ3v) is 3.66. The molecule has 4 heteroatoms. The second kappa shape index (κ2) is 4.15. The van der Waals surface area contributed by atoms with Crippen molar-refractivity contribution in [3.8, 4) is 6.07 Å². The van der Waals surface area contributed by atoms with Crippen LogP contribution in [-0.4, -0.2) is 29.2 Å². The number of ether oxygens (including phenoxy) is 1. The summed E-state index contributed by atoms with van der Waals surface area (Å²) in [4.78, 5) is 14.0. The molecule has 2 aliphatic carbocycles. The third kappa shape index (κ3) is 2.95. The van der Waals surface area contributed by atoms with E-state index in [-0.39, 0.29) is 17.6 Å². The van der Waals surface area contributed by atoms with E-state index in [4.69, 9.17) is 10.00 Å². The van der Waals surface area contributed by atoms with E-state index >= 15 is 0 Å². The standard InChI is InChI=1S/C14H22N2O2/c1-10-7-11(10)16(9-14(8-15)5-6-14)12(17)18-13(2,3)4/h10-11H,5-7,9H2,1-4H3/t10-,11-/m1/s1. The third-order valence-electron chi connectivity index (χ3n) is 3.66. The van der Waals surface area contributed by atoms with Crippen LogP contribution < -0.4 is 0 Å². The number of nitrogens with zero attached hydrogens (tertiary/aromatic N) is 2. The van der Waals surface area contributed by atoms with Crippen molar-refractivity contribution < 1.29 is 9.53 Å². The van der Waals surface area contributed by atoms with Crippen molar-refractivity contribution in [2.45, 2.75) is 58.6 Å². The number of carbonyl (C=O) groups is 1. The smallest absolute Gasteiger partial charge is 0.410 e. The van der Waals surface area contributed by atoms with Crippen LogP contribution >= 0.6 is 0 Å². The Morgan fingerprint density at radius 1 is 1.50 bits per heavy atom. The molecule has 2 atom stereocenters. The number of nitriles is 1. The maximum atomic E-state index is 12.2. The van der Waals surface area contributed by atoms with Crippen molar-refractivity contribution >= 4 is 6.09 Å². The second-order valence-electron chi connectivity index (χ2n) is 6.78. The summed E-state index contributed by atoms with van der Waals surface area (Å²) in [6.07, 6.45) is 2.58. The van der Waals surface area contributed by atoms with Gasteiger partial charge >= 0.3 is 6.09 Å². The van der Waals surface area contributed by atoms with Gasteiger partial charge in [0.1, 0.15) is 5.60 Å². The SMILES string of the molecule is C[C@@H]1C[C@H]1N(CC1(C#N)CC1)C(=O)OC(C)(C)C. The van der Waals surface area contributed by atoms with Gasteiger partial charge in [-0.25, -0.2) is 4.79 Å². The van der Waals surface area contributed by atoms with Crippen LogP contribution in [0.25, 0.3) is 0 Å². The Labute approximate surface area is 109 Å². The average Bonchev–Trinajstić information content (AvgIpc) is 3.11. The summed E-state index contributed by atoms with van der Waals surface area (Å²) in [5.41, 5.74) is -0.768. The largest absolute Gasteiger partial charge is 0.444 e. The zero-order valence-electron chi connectivity index (χ0n) is 11.7. The van der Waals surface area contributed by atoms with Crippen LogP contribution in [0.5, 0.6) is 0 Å². The normalized spacial score (nSPS) is 28.2. The second-order valence-corrected chi connectivity index (χ2v) is 6.78. The lowest BCUT2D eigenvalue weighted by molar-refractivity contribution is 0.0199. The highest BCUT2D eigenvalue weighted by molar-refractivity contribution is 5.69. The molecular weight excluding hydrogens is 228 g/mol. The topological polar surface area (TPSA) is 53.3 Å². The Hall–Kier alpha value is -1.24. The zero-order chi connectivity index (χ0) is 13.6. The van der Waals surface area contributed by atoms with E-state index in [0.29, 0.717) is 12.5 Å². The number of rotatable bonds is 3. The summed E-state index contributed by atoms with van der Waals surface area (Å²) in [6, 6.07) is 2.62. The Morgan fingerprint density at radius 3 is 2.39 bits per heavy atom. The molecule has 0 unspecified atom stereocenters. The van der Waals surface area contributed by atoms with Crippen molar-refractivity contribution in [2.24, 2.45) is 11.3 Å². The first-order valence-electron chi connectivity index (χ1n) is 6.67. The predicted octanol–water partition coefficient (Wildman–Crippen LogP) is 2.94. The quantitative estimate of drug-likeness (QED) is 0.773. The molecule has 100 valence electrons. The summed E-state index contributed by atoms with van der Waals surface area (Å²) in [5, 5.41) is 9.16. The van der Waals surface area contributed by atoms with Crippen molar-refractivity contribution in [3.05, 3.63) is 0 Å². The molecule has 0 aromatic heterocycles. The minimum absolute atomic E-state index is 0.265. The molecule has 2 aliphatic rings. The predicted molar refractivity (Wildman–Crippen MR) is 67.8 cm³/mol. The van der Waals surface area contributed by atoms with Crippen LogP contribution in [0.4, 0.5) is 4.79 Å². The van der Waals surface area contributed by atoms with Crippen molar-refractivity contribution in [1.82, 2.24) is 4.90 Å². The van der Waals surface area contributed by atoms with Crippen molar-refractivity contribution in [2.75, 3.05) is 6.54 Å². The van der Waals surface area contributed by atoms with Gasteiger partial charge < -0.3 is 9.64 Å². The molecule has 0 aliphatic heterocycles. The first kappa shape index (κ1) is 13.2. The molecule has 0 heterocycles. The van der Waals surface area contributed by atoms with Gasteiger partial charge in [-0.2, -0.15) is 5.26 Å². The number of amides is 1. The molecule has 18 heavy (non-hydrogen) atoms. The van der Waals surface area contributed by atoms with Gasteiger partial charge in [0.2, 0.25) is 0 Å². The van der Waals surface area contributed by atoms with E-state index in [2.05, 4.69) is 13.0 Å². The molecule has 0 bridgehead atoms. The lowest BCUT2D eigenvalue weighted by Gasteiger charge is -2.29. The van der Waals surface area contributed by atoms with Gasteiger partial charge in [-0.3, -0.25) is 0 Å². The molecule has 0 aromatic carbocycles. The minimum atomic E-state index is -0.475. The molecule has 0 spiro atoms. The van der Waals surface area contributed by atoms with Crippen molar-refractivity contribution in [3.63, 3.8) is 0 Å². The summed E-state index contributed by atoms with van der Waals surface area (Å²) in [6.45, 7) is 8.28. The van der Waals surface area contributed by atoms with Gasteiger partial charge in [0.25, 0.3) is 0 Å². The molecule has 2 fully saturated rings. The fourth-order valence-corrected chi connectivity index (χ4v) is 2.16. The Bertz CT molecular complexity index is 388. The molecule has 2 saturated carbocycles. The van der Waals surface area contributed by atoms with Crippen LogP contribution in [0, 0.1) is 22.7 Å². The van der Waals surface area contributed by atoms with Crippen LogP contribution in [-0.2, 0) is 4.74 Å². The number of carbonyl (C=O) groups excluding carboxylic acids is 1. The van der Waals surface area contributed by atoms with Gasteiger partial charge in [-0.05, 0) is 46.0 Å². The van der Waals surface area contributed by atoms with Gasteiger partial charge in [-0.15, -0.1) is 0 Å². The molecule has 4 nitrogen and oxygen atoms in total. The van der Waals surface area contributed by atoms with Gasteiger partial charge in [0.15, 0.2) is 0 Å². The molecule has 1 amide bonds. The molecule has 0 N–H and O–H groups in total. The zero-order valence-corrected chi connectivity index (χ0v) is 11.7. The van der Waals surface area contributed by atoms with E-state index in [1.807, 2.05) is 20.8 Å². The van der Waals surface area contributed by atoms with E-state index in [1.165, 1.54) is 0 Å². The Balaban J connectivity index is 2.02. The van der Waals surface area contributed by atoms with E-state index in [1.54, 1.807) is 4.90 Å². The van der Waals surface area contributed by atoms with Crippen LogP contribution in [0.3, 0.4) is 0 Å². The lowest BCUT2D eigenvalue weighted by Crippen LogP contribution is -2.41. The first-order valence-corrected chi connectivity index (χ1v) is 6.67. The molecule has 0 aromatic rings. The monoisotopic (exact) mass is 250 g/mol. The molecule has 2 rings (SSSR count). The van der Waals surface area contributed by atoms with E-state index in [9.17, 15) is 4.79 Å². The average molecular weight is 250 g/mol. The van der Waals surface area contributed by atoms with Crippen LogP contribution in [0.1, 0.15) is 47.0 Å².